The summed E-state index contributed by atoms with van der Waals surface area (Å²) in [6.45, 7) is 4.01. The van der Waals surface area contributed by atoms with E-state index in [-0.39, 0.29) is 0 Å². The molecule has 1 N–H and O–H groups in total. The minimum atomic E-state index is -0.473. The van der Waals surface area contributed by atoms with Crippen molar-refractivity contribution in [3.63, 3.8) is 0 Å². The van der Waals surface area contributed by atoms with Gasteiger partial charge < -0.3 is 10.0 Å². The summed E-state index contributed by atoms with van der Waals surface area (Å²) >= 11 is 5.97. The minimum absolute atomic E-state index is 0.473. The van der Waals surface area contributed by atoms with Crippen LogP contribution in [-0.4, -0.2) is 39.7 Å². The van der Waals surface area contributed by atoms with Gasteiger partial charge in [-0.3, -0.25) is 0 Å². The molecule has 3 nitrogen and oxygen atoms in total. The van der Waals surface area contributed by atoms with Crippen molar-refractivity contribution < 1.29 is 5.11 Å². The largest absolute Gasteiger partial charge is 0.390 e. The third-order valence-corrected chi connectivity index (χ3v) is 7.71. The smallest absolute Gasteiger partial charge is 0.113 e. The standard InChI is InChI=1S/C30H31ClN2O/c1-30(34)16-18-33(19-17-30)29-15-10-25(20-29)23-5-2-22(3-6-23)4-13-28-14-9-26(21-32-28)24-7-11-27(31)12-8-24/h2-3,5-9,11-12,14,21,25,29,34H,10,15-20H2,1H3. The quantitative estimate of drug-likeness (QED) is 0.457. The second-order valence-electron chi connectivity index (χ2n) is 10.0. The molecule has 1 aliphatic carbocycles. The van der Waals surface area contributed by atoms with Crippen LogP contribution in [0.3, 0.4) is 0 Å². The summed E-state index contributed by atoms with van der Waals surface area (Å²) in [5.74, 6) is 7.06. The zero-order valence-electron chi connectivity index (χ0n) is 19.7. The van der Waals surface area contributed by atoms with Gasteiger partial charge in [-0.25, -0.2) is 4.98 Å². The van der Waals surface area contributed by atoms with Gasteiger partial charge in [0.05, 0.1) is 5.60 Å². The lowest BCUT2D eigenvalue weighted by Crippen LogP contribution is -2.46. The highest BCUT2D eigenvalue weighted by Gasteiger charge is 2.34. The summed E-state index contributed by atoms with van der Waals surface area (Å²) in [5, 5.41) is 11.0. The Morgan fingerprint density at radius 2 is 1.62 bits per heavy atom. The molecule has 2 heterocycles. The number of hydrogen-bond acceptors (Lipinski definition) is 3. The second-order valence-corrected chi connectivity index (χ2v) is 10.4. The molecule has 1 aliphatic heterocycles. The van der Waals surface area contributed by atoms with Gasteiger partial charge in [-0.05, 0) is 92.3 Å². The second kappa shape index (κ2) is 9.92. The van der Waals surface area contributed by atoms with Gasteiger partial charge in [0.25, 0.3) is 0 Å². The Kier molecular flexibility index (Phi) is 6.75. The van der Waals surface area contributed by atoms with Crippen LogP contribution in [0.25, 0.3) is 11.1 Å². The number of aromatic nitrogens is 1. The van der Waals surface area contributed by atoms with Crippen LogP contribution in [0.4, 0.5) is 0 Å². The average Bonchev–Trinajstić information content (AvgIpc) is 3.34. The number of pyridine rings is 1. The Morgan fingerprint density at radius 1 is 0.912 bits per heavy atom. The fourth-order valence-corrected chi connectivity index (χ4v) is 5.34. The van der Waals surface area contributed by atoms with Gasteiger partial charge >= 0.3 is 0 Å². The summed E-state index contributed by atoms with van der Waals surface area (Å²) < 4.78 is 0. The minimum Gasteiger partial charge on any atom is -0.390 e. The van der Waals surface area contributed by atoms with E-state index in [4.69, 9.17) is 11.6 Å². The van der Waals surface area contributed by atoms with E-state index in [1.54, 1.807) is 0 Å². The molecule has 3 aromatic rings. The molecule has 2 unspecified atom stereocenters. The van der Waals surface area contributed by atoms with Gasteiger partial charge in [-0.15, -0.1) is 0 Å². The first-order chi connectivity index (χ1) is 16.4. The first-order valence-electron chi connectivity index (χ1n) is 12.3. The SMILES string of the molecule is CC1(O)CCN(C2CCC(c3ccc(C#Cc4ccc(-c5ccc(Cl)cc5)cn4)cc3)C2)CC1. The Hall–Kier alpha value is -2.64. The Labute approximate surface area is 207 Å². The van der Waals surface area contributed by atoms with Crippen molar-refractivity contribution in [3.8, 4) is 23.0 Å². The van der Waals surface area contributed by atoms with Crippen molar-refractivity contribution in [2.24, 2.45) is 0 Å². The third kappa shape index (κ3) is 5.53. The highest BCUT2D eigenvalue weighted by Crippen LogP contribution is 2.38. The van der Waals surface area contributed by atoms with Gasteiger partial charge in [0, 0.05) is 41.5 Å². The van der Waals surface area contributed by atoms with Crippen LogP contribution < -0.4 is 0 Å². The van der Waals surface area contributed by atoms with Crippen molar-refractivity contribution in [2.75, 3.05) is 13.1 Å². The molecule has 2 atom stereocenters. The van der Waals surface area contributed by atoms with Crippen molar-refractivity contribution in [1.29, 1.82) is 0 Å². The molecule has 5 rings (SSSR count). The molecule has 2 aromatic carbocycles. The highest BCUT2D eigenvalue weighted by molar-refractivity contribution is 6.30. The fraction of sp³-hybridized carbons (Fsp3) is 0.367. The summed E-state index contributed by atoms with van der Waals surface area (Å²) in [6.07, 6.45) is 7.35. The zero-order valence-corrected chi connectivity index (χ0v) is 20.4. The summed E-state index contributed by atoms with van der Waals surface area (Å²) in [6, 6.07) is 21.2. The van der Waals surface area contributed by atoms with Crippen molar-refractivity contribution in [3.05, 3.63) is 88.7 Å². The van der Waals surface area contributed by atoms with Crippen LogP contribution in [0.1, 0.15) is 61.8 Å². The number of benzene rings is 2. The zero-order chi connectivity index (χ0) is 23.5. The van der Waals surface area contributed by atoms with E-state index in [1.165, 1.54) is 24.8 Å². The number of aliphatic hydroxyl groups is 1. The summed E-state index contributed by atoms with van der Waals surface area (Å²) in [7, 11) is 0. The fourth-order valence-electron chi connectivity index (χ4n) is 5.22. The Morgan fingerprint density at radius 3 is 2.29 bits per heavy atom. The van der Waals surface area contributed by atoms with E-state index in [0.717, 1.165) is 53.3 Å². The highest BCUT2D eigenvalue weighted by atomic mass is 35.5. The predicted octanol–water partition coefficient (Wildman–Crippen LogP) is 6.28. The van der Waals surface area contributed by atoms with Gasteiger partial charge in [-0.2, -0.15) is 0 Å². The average molecular weight is 471 g/mol. The van der Waals surface area contributed by atoms with E-state index >= 15 is 0 Å². The van der Waals surface area contributed by atoms with Crippen molar-refractivity contribution in [2.45, 2.75) is 56.6 Å². The molecule has 1 aromatic heterocycles. The predicted molar refractivity (Wildman–Crippen MR) is 139 cm³/mol. The maximum atomic E-state index is 10.2. The lowest BCUT2D eigenvalue weighted by Gasteiger charge is -2.39. The topological polar surface area (TPSA) is 36.4 Å². The molecule has 4 heteroatoms. The molecular weight excluding hydrogens is 440 g/mol. The van der Waals surface area contributed by atoms with Gasteiger partial charge in [0.2, 0.25) is 0 Å². The third-order valence-electron chi connectivity index (χ3n) is 7.45. The molecule has 0 amide bonds. The number of nitrogens with zero attached hydrogens (tertiary/aromatic N) is 2. The lowest BCUT2D eigenvalue weighted by atomic mass is 9.92. The normalized spacial score (nSPS) is 22.2. The van der Waals surface area contributed by atoms with Crippen molar-refractivity contribution >= 4 is 11.6 Å². The lowest BCUT2D eigenvalue weighted by molar-refractivity contribution is -0.0159. The van der Waals surface area contributed by atoms with Crippen LogP contribution in [0.15, 0.2) is 66.9 Å². The first-order valence-corrected chi connectivity index (χ1v) is 12.6. The van der Waals surface area contributed by atoms with Gasteiger partial charge in [0.15, 0.2) is 0 Å². The van der Waals surface area contributed by atoms with E-state index < -0.39 is 5.60 Å². The molecule has 0 spiro atoms. The summed E-state index contributed by atoms with van der Waals surface area (Å²) in [5.41, 5.74) is 4.87. The molecule has 174 valence electrons. The van der Waals surface area contributed by atoms with Crippen LogP contribution in [0, 0.1) is 11.8 Å². The number of piperidine rings is 1. The van der Waals surface area contributed by atoms with Gasteiger partial charge in [0.1, 0.15) is 5.69 Å². The van der Waals surface area contributed by atoms with Crippen LogP contribution in [-0.2, 0) is 0 Å². The van der Waals surface area contributed by atoms with Crippen molar-refractivity contribution in [1.82, 2.24) is 9.88 Å². The molecule has 0 bridgehead atoms. The first kappa shape index (κ1) is 23.1. The molecular formula is C30H31ClN2O. The number of halogens is 1. The maximum absolute atomic E-state index is 10.2. The molecule has 34 heavy (non-hydrogen) atoms. The Balaban J connectivity index is 1.18. The van der Waals surface area contributed by atoms with E-state index in [9.17, 15) is 5.11 Å². The van der Waals surface area contributed by atoms with E-state index in [0.29, 0.717) is 12.0 Å². The number of hydrogen-bond donors (Lipinski definition) is 1. The van der Waals surface area contributed by atoms with E-state index in [1.807, 2.05) is 49.5 Å². The molecule has 0 radical (unpaired) electrons. The molecule has 2 fully saturated rings. The van der Waals surface area contributed by atoms with Crippen LogP contribution in [0.5, 0.6) is 0 Å². The molecule has 1 saturated carbocycles. The maximum Gasteiger partial charge on any atom is 0.113 e. The van der Waals surface area contributed by atoms with Crippen LogP contribution >= 0.6 is 11.6 Å². The van der Waals surface area contributed by atoms with Gasteiger partial charge in [-0.1, -0.05) is 47.9 Å². The number of rotatable bonds is 3. The molecule has 1 saturated heterocycles. The monoisotopic (exact) mass is 470 g/mol. The Bertz CT molecular complexity index is 1160. The molecule has 2 aliphatic rings. The summed E-state index contributed by atoms with van der Waals surface area (Å²) in [4.78, 5) is 7.11. The van der Waals surface area contributed by atoms with E-state index in [2.05, 4.69) is 46.0 Å². The number of likely N-dealkylation sites (tertiary alicyclic amines) is 1. The van der Waals surface area contributed by atoms with Crippen LogP contribution in [0.2, 0.25) is 5.02 Å².